The first-order valence-corrected chi connectivity index (χ1v) is 10.4. The molecule has 0 amide bonds. The predicted octanol–water partition coefficient (Wildman–Crippen LogP) is 5.27. The first kappa shape index (κ1) is 21.7. The summed E-state index contributed by atoms with van der Waals surface area (Å²) in [7, 11) is 4.36. The third-order valence-electron chi connectivity index (χ3n) is 5.02. The molecular formula is C25H38N2. The molecule has 1 atom stereocenters. The lowest BCUT2D eigenvalue weighted by Crippen LogP contribution is -2.46. The summed E-state index contributed by atoms with van der Waals surface area (Å²) in [5, 5.41) is 0. The van der Waals surface area contributed by atoms with Crippen LogP contribution in [0.5, 0.6) is 0 Å². The van der Waals surface area contributed by atoms with Gasteiger partial charge in [0.25, 0.3) is 0 Å². The van der Waals surface area contributed by atoms with Gasteiger partial charge in [0.05, 0.1) is 0 Å². The highest BCUT2D eigenvalue weighted by molar-refractivity contribution is 5.24. The second-order valence-corrected chi connectivity index (χ2v) is 8.79. The fourth-order valence-electron chi connectivity index (χ4n) is 3.86. The van der Waals surface area contributed by atoms with Crippen LogP contribution in [-0.4, -0.2) is 42.5 Å². The zero-order valence-electron chi connectivity index (χ0n) is 18.2. The zero-order chi connectivity index (χ0) is 19.8. The van der Waals surface area contributed by atoms with Gasteiger partial charge >= 0.3 is 0 Å². The molecule has 0 radical (unpaired) electrons. The van der Waals surface area contributed by atoms with Crippen molar-refractivity contribution in [1.82, 2.24) is 9.80 Å². The molecule has 0 N–H and O–H groups in total. The van der Waals surface area contributed by atoms with Crippen molar-refractivity contribution in [3.8, 4) is 0 Å². The Morgan fingerprint density at radius 1 is 0.741 bits per heavy atom. The van der Waals surface area contributed by atoms with E-state index in [1.807, 2.05) is 0 Å². The summed E-state index contributed by atoms with van der Waals surface area (Å²) in [6.07, 6.45) is 2.24. The van der Waals surface area contributed by atoms with Gasteiger partial charge < -0.3 is 4.90 Å². The smallest absolute Gasteiger partial charge is 0.0269 e. The van der Waals surface area contributed by atoms with Gasteiger partial charge in [-0.05, 0) is 63.4 Å². The quantitative estimate of drug-likeness (QED) is 0.565. The van der Waals surface area contributed by atoms with E-state index in [0.29, 0.717) is 18.0 Å². The van der Waals surface area contributed by atoms with E-state index in [9.17, 15) is 0 Å². The van der Waals surface area contributed by atoms with E-state index < -0.39 is 0 Å². The van der Waals surface area contributed by atoms with Crippen LogP contribution in [0.4, 0.5) is 0 Å². The summed E-state index contributed by atoms with van der Waals surface area (Å²) in [6, 6.07) is 21.1. The van der Waals surface area contributed by atoms with Gasteiger partial charge in [-0.25, -0.2) is 0 Å². The maximum Gasteiger partial charge on any atom is 0.0269 e. The number of hydrogen-bond acceptors (Lipinski definition) is 2. The van der Waals surface area contributed by atoms with E-state index in [2.05, 4.69) is 106 Å². The standard InChI is InChI=1S/C25H38N2/c1-20(2)15-23-13-10-14-24(16-23)18-27(21(3)4)25(19-26(5)6)17-22-11-8-7-9-12-22/h7-14,16,20-21,25H,15,17-19H2,1-6H3/t25-/m0/s1. The normalized spacial score (nSPS) is 13.1. The number of rotatable bonds is 10. The zero-order valence-corrected chi connectivity index (χ0v) is 18.2. The molecule has 2 aromatic rings. The first-order valence-electron chi connectivity index (χ1n) is 10.4. The third-order valence-corrected chi connectivity index (χ3v) is 5.02. The Morgan fingerprint density at radius 2 is 1.37 bits per heavy atom. The van der Waals surface area contributed by atoms with Crippen LogP contribution in [0.25, 0.3) is 0 Å². The molecule has 148 valence electrons. The molecule has 2 aromatic carbocycles. The highest BCUT2D eigenvalue weighted by atomic mass is 15.2. The van der Waals surface area contributed by atoms with E-state index in [4.69, 9.17) is 0 Å². The Kier molecular flexibility index (Phi) is 8.53. The maximum atomic E-state index is 2.67. The monoisotopic (exact) mass is 366 g/mol. The summed E-state index contributed by atoms with van der Waals surface area (Å²) in [6.45, 7) is 11.3. The van der Waals surface area contributed by atoms with Crippen LogP contribution in [-0.2, 0) is 19.4 Å². The molecule has 0 spiro atoms. The SMILES string of the molecule is CC(C)Cc1cccc(CN(C(C)C)[C@@H](Cc2ccccc2)CN(C)C)c1. The van der Waals surface area contributed by atoms with Gasteiger partial charge in [-0.1, -0.05) is 68.4 Å². The van der Waals surface area contributed by atoms with Crippen molar-refractivity contribution in [1.29, 1.82) is 0 Å². The van der Waals surface area contributed by atoms with Gasteiger partial charge in [-0.2, -0.15) is 0 Å². The molecule has 0 bridgehead atoms. The van der Waals surface area contributed by atoms with Gasteiger partial charge in [0, 0.05) is 25.2 Å². The fraction of sp³-hybridized carbons (Fsp3) is 0.520. The second kappa shape index (κ2) is 10.6. The molecule has 0 aliphatic heterocycles. The third kappa shape index (κ3) is 7.48. The van der Waals surface area contributed by atoms with Crippen molar-refractivity contribution >= 4 is 0 Å². The average molecular weight is 367 g/mol. The molecule has 0 fully saturated rings. The summed E-state index contributed by atoms with van der Waals surface area (Å²) >= 11 is 0. The van der Waals surface area contributed by atoms with Crippen LogP contribution in [0.1, 0.15) is 44.4 Å². The molecule has 0 aliphatic carbocycles. The molecule has 2 nitrogen and oxygen atoms in total. The summed E-state index contributed by atoms with van der Waals surface area (Å²) in [5.41, 5.74) is 4.31. The molecule has 0 saturated carbocycles. The van der Waals surface area contributed by atoms with E-state index in [-0.39, 0.29) is 0 Å². The molecule has 2 rings (SSSR count). The molecular weight excluding hydrogens is 328 g/mol. The lowest BCUT2D eigenvalue weighted by Gasteiger charge is -2.37. The van der Waals surface area contributed by atoms with Crippen molar-refractivity contribution in [2.45, 2.75) is 59.2 Å². The summed E-state index contributed by atoms with van der Waals surface area (Å²) in [5.74, 6) is 0.695. The van der Waals surface area contributed by atoms with Gasteiger partial charge in [0.15, 0.2) is 0 Å². The van der Waals surface area contributed by atoms with E-state index in [1.165, 1.54) is 16.7 Å². The van der Waals surface area contributed by atoms with Gasteiger partial charge in [0.1, 0.15) is 0 Å². The highest BCUT2D eigenvalue weighted by Crippen LogP contribution is 2.19. The molecule has 0 aliphatic rings. The lowest BCUT2D eigenvalue weighted by atomic mass is 9.99. The number of benzene rings is 2. The Balaban J connectivity index is 2.21. The lowest BCUT2D eigenvalue weighted by molar-refractivity contribution is 0.118. The molecule has 0 aromatic heterocycles. The minimum atomic E-state index is 0.496. The van der Waals surface area contributed by atoms with Gasteiger partial charge in [0.2, 0.25) is 0 Å². The molecule has 0 saturated heterocycles. The van der Waals surface area contributed by atoms with E-state index in [0.717, 1.165) is 25.9 Å². The number of nitrogens with zero attached hydrogens (tertiary/aromatic N) is 2. The fourth-order valence-corrected chi connectivity index (χ4v) is 3.86. The van der Waals surface area contributed by atoms with Crippen LogP contribution < -0.4 is 0 Å². The molecule has 2 heteroatoms. The topological polar surface area (TPSA) is 6.48 Å². The Bertz CT molecular complexity index is 661. The van der Waals surface area contributed by atoms with Crippen LogP contribution in [0.15, 0.2) is 54.6 Å². The van der Waals surface area contributed by atoms with Crippen molar-refractivity contribution < 1.29 is 0 Å². The van der Waals surface area contributed by atoms with Crippen molar-refractivity contribution in [2.24, 2.45) is 5.92 Å². The largest absolute Gasteiger partial charge is 0.308 e. The predicted molar refractivity (Wildman–Crippen MR) is 118 cm³/mol. The van der Waals surface area contributed by atoms with E-state index in [1.54, 1.807) is 0 Å². The maximum absolute atomic E-state index is 2.67. The Hall–Kier alpha value is -1.64. The molecule has 27 heavy (non-hydrogen) atoms. The van der Waals surface area contributed by atoms with Crippen LogP contribution in [0, 0.1) is 5.92 Å². The second-order valence-electron chi connectivity index (χ2n) is 8.79. The number of likely N-dealkylation sites (N-methyl/N-ethyl adjacent to an activating group) is 1. The highest BCUT2D eigenvalue weighted by Gasteiger charge is 2.22. The first-order chi connectivity index (χ1) is 12.8. The number of hydrogen-bond donors (Lipinski definition) is 0. The van der Waals surface area contributed by atoms with Crippen molar-refractivity contribution in [3.05, 3.63) is 71.3 Å². The average Bonchev–Trinajstić information content (AvgIpc) is 2.59. The van der Waals surface area contributed by atoms with Crippen molar-refractivity contribution in [3.63, 3.8) is 0 Å². The van der Waals surface area contributed by atoms with E-state index >= 15 is 0 Å². The van der Waals surface area contributed by atoms with Crippen LogP contribution in [0.2, 0.25) is 0 Å². The van der Waals surface area contributed by atoms with Gasteiger partial charge in [-0.15, -0.1) is 0 Å². The van der Waals surface area contributed by atoms with Gasteiger partial charge in [-0.3, -0.25) is 4.90 Å². The van der Waals surface area contributed by atoms with Crippen molar-refractivity contribution in [2.75, 3.05) is 20.6 Å². The minimum absolute atomic E-state index is 0.496. The Morgan fingerprint density at radius 3 is 1.96 bits per heavy atom. The summed E-state index contributed by atoms with van der Waals surface area (Å²) < 4.78 is 0. The summed E-state index contributed by atoms with van der Waals surface area (Å²) in [4.78, 5) is 4.99. The van der Waals surface area contributed by atoms with Crippen LogP contribution >= 0.6 is 0 Å². The molecule has 0 unspecified atom stereocenters. The minimum Gasteiger partial charge on any atom is -0.308 e. The molecule has 0 heterocycles. The van der Waals surface area contributed by atoms with Crippen LogP contribution in [0.3, 0.4) is 0 Å². The Labute approximate surface area is 167 Å².